The molecule has 1 aliphatic rings. The minimum Gasteiger partial charge on any atom is -0.744 e. The predicted octanol–water partition coefficient (Wildman–Crippen LogP) is -1.64. The van der Waals surface area contributed by atoms with Gasteiger partial charge in [0.25, 0.3) is 11.8 Å². The second-order valence-corrected chi connectivity index (χ2v) is 6.00. The molecule has 108 valence electrons. The molecule has 6 nitrogen and oxygen atoms in total. The van der Waals surface area contributed by atoms with E-state index in [0.29, 0.717) is 0 Å². The quantitative estimate of drug-likeness (QED) is 0.375. The van der Waals surface area contributed by atoms with E-state index in [0.717, 1.165) is 11.0 Å². The Balaban J connectivity index is 0.00000176. The Morgan fingerprint density at radius 2 is 1.64 bits per heavy atom. The number of imide groups is 1. The van der Waals surface area contributed by atoms with Crippen LogP contribution in [-0.4, -0.2) is 36.2 Å². The van der Waals surface area contributed by atoms with Crippen LogP contribution in [0.2, 0.25) is 0 Å². The first-order chi connectivity index (χ1) is 9.86. The van der Waals surface area contributed by atoms with Crippen LogP contribution in [0.3, 0.4) is 0 Å². The maximum absolute atomic E-state index is 12.3. The average molecular weight is 327 g/mol. The molecular weight excluding hydrogens is 317 g/mol. The Bertz CT molecular complexity index is 885. The first-order valence-corrected chi connectivity index (χ1v) is 7.65. The monoisotopic (exact) mass is 327 g/mol. The van der Waals surface area contributed by atoms with Gasteiger partial charge in [-0.3, -0.25) is 14.5 Å². The van der Waals surface area contributed by atoms with Crippen LogP contribution in [0.1, 0.15) is 27.6 Å². The van der Waals surface area contributed by atoms with Gasteiger partial charge in [0.1, 0.15) is 10.1 Å². The molecule has 0 N–H and O–H groups in total. The van der Waals surface area contributed by atoms with Gasteiger partial charge in [0, 0.05) is 28.4 Å². The molecular formula is C14H10NNaO5S. The summed E-state index contributed by atoms with van der Waals surface area (Å²) in [4.78, 5) is 25.2. The number of hydrogen-bond donors (Lipinski definition) is 0. The van der Waals surface area contributed by atoms with Crippen molar-refractivity contribution in [2.24, 2.45) is 0 Å². The molecule has 22 heavy (non-hydrogen) atoms. The van der Waals surface area contributed by atoms with Crippen LogP contribution in [0.5, 0.6) is 0 Å². The molecule has 8 heteroatoms. The average Bonchev–Trinajstić information content (AvgIpc) is 2.43. The molecule has 2 aromatic carbocycles. The van der Waals surface area contributed by atoms with Gasteiger partial charge in [-0.15, -0.1) is 0 Å². The largest absolute Gasteiger partial charge is 1.00 e. The smallest absolute Gasteiger partial charge is 0.744 e. The summed E-state index contributed by atoms with van der Waals surface area (Å²) in [5.41, 5.74) is 0.462. The van der Waals surface area contributed by atoms with E-state index >= 15 is 0 Å². The first-order valence-electron chi connectivity index (χ1n) is 6.24. The number of carbonyl (C=O) groups is 2. The molecule has 2 amide bonds. The van der Waals surface area contributed by atoms with E-state index in [-0.39, 0.29) is 58.0 Å². The molecule has 0 fully saturated rings. The molecule has 1 heterocycles. The summed E-state index contributed by atoms with van der Waals surface area (Å²) in [6.45, 7) is 1.90. The SMILES string of the molecule is CCN1C(=O)c2cccc3c(S(=O)(=O)[O-])ccc(c23)C1=O.[Na+]. The molecule has 1 aliphatic heterocycles. The van der Waals surface area contributed by atoms with Crippen LogP contribution < -0.4 is 29.6 Å². The van der Waals surface area contributed by atoms with Crippen LogP contribution >= 0.6 is 0 Å². The summed E-state index contributed by atoms with van der Waals surface area (Å²) in [5.74, 6) is -0.970. The third-order valence-electron chi connectivity index (χ3n) is 3.54. The van der Waals surface area contributed by atoms with Crippen molar-refractivity contribution in [3.05, 3.63) is 41.5 Å². The maximum Gasteiger partial charge on any atom is 1.00 e. The summed E-state index contributed by atoms with van der Waals surface area (Å²) in [6.07, 6.45) is 0. The van der Waals surface area contributed by atoms with E-state index in [1.165, 1.54) is 24.3 Å². The molecule has 2 aromatic rings. The molecule has 0 atom stereocenters. The zero-order valence-corrected chi connectivity index (χ0v) is 14.8. The summed E-state index contributed by atoms with van der Waals surface area (Å²) in [6, 6.07) is 6.84. The number of nitrogens with zero attached hydrogens (tertiary/aromatic N) is 1. The fourth-order valence-electron chi connectivity index (χ4n) is 2.62. The summed E-state index contributed by atoms with van der Waals surface area (Å²) >= 11 is 0. The van der Waals surface area contributed by atoms with Crippen molar-refractivity contribution in [3.8, 4) is 0 Å². The Kier molecular flexibility index (Phi) is 4.47. The van der Waals surface area contributed by atoms with Gasteiger partial charge in [-0.05, 0) is 25.1 Å². The minimum absolute atomic E-state index is 0. The van der Waals surface area contributed by atoms with Crippen molar-refractivity contribution in [1.29, 1.82) is 0 Å². The number of hydrogen-bond acceptors (Lipinski definition) is 5. The van der Waals surface area contributed by atoms with Gasteiger partial charge in [-0.1, -0.05) is 12.1 Å². The summed E-state index contributed by atoms with van der Waals surface area (Å²) in [7, 11) is -4.69. The molecule has 0 unspecified atom stereocenters. The van der Waals surface area contributed by atoms with Crippen molar-refractivity contribution < 1.29 is 52.1 Å². The Morgan fingerprint density at radius 3 is 2.18 bits per heavy atom. The Morgan fingerprint density at radius 1 is 1.05 bits per heavy atom. The molecule has 0 spiro atoms. The standard InChI is InChI=1S/C14H11NO5S.Na/c1-2-15-13(16)9-5-3-4-8-11(21(18,19)20)7-6-10(12(8)9)14(15)17;/h3-7H,2H2,1H3,(H,18,19,20);/q;+1/p-1. The van der Waals surface area contributed by atoms with Crippen LogP contribution in [-0.2, 0) is 10.1 Å². The van der Waals surface area contributed by atoms with E-state index in [1.807, 2.05) is 0 Å². The second-order valence-electron chi connectivity index (χ2n) is 4.65. The van der Waals surface area contributed by atoms with Crippen LogP contribution in [0.4, 0.5) is 0 Å². The molecule has 0 bridgehead atoms. The van der Waals surface area contributed by atoms with E-state index in [2.05, 4.69) is 0 Å². The predicted molar refractivity (Wildman–Crippen MR) is 73.0 cm³/mol. The van der Waals surface area contributed by atoms with Gasteiger partial charge in [-0.25, -0.2) is 8.42 Å². The van der Waals surface area contributed by atoms with Crippen LogP contribution in [0.25, 0.3) is 10.8 Å². The molecule has 0 saturated heterocycles. The van der Waals surface area contributed by atoms with Gasteiger partial charge in [-0.2, -0.15) is 0 Å². The second kappa shape index (κ2) is 5.75. The van der Waals surface area contributed by atoms with Gasteiger partial charge in [0.15, 0.2) is 0 Å². The normalized spacial score (nSPS) is 14.2. The van der Waals surface area contributed by atoms with Crippen molar-refractivity contribution in [3.63, 3.8) is 0 Å². The molecule has 0 aliphatic carbocycles. The topological polar surface area (TPSA) is 94.6 Å². The minimum atomic E-state index is -4.69. The zero-order valence-electron chi connectivity index (χ0n) is 12.0. The number of benzene rings is 2. The third kappa shape index (κ3) is 2.39. The fraction of sp³-hybridized carbons (Fsp3) is 0.143. The van der Waals surface area contributed by atoms with E-state index in [1.54, 1.807) is 6.92 Å². The van der Waals surface area contributed by atoms with E-state index in [4.69, 9.17) is 0 Å². The van der Waals surface area contributed by atoms with Gasteiger partial charge < -0.3 is 4.55 Å². The van der Waals surface area contributed by atoms with Crippen molar-refractivity contribution in [1.82, 2.24) is 4.90 Å². The third-order valence-corrected chi connectivity index (χ3v) is 4.43. The summed E-state index contributed by atoms with van der Waals surface area (Å²) < 4.78 is 34.0. The first kappa shape index (κ1) is 17.1. The number of amides is 2. The van der Waals surface area contributed by atoms with Crippen molar-refractivity contribution in [2.45, 2.75) is 11.8 Å². The van der Waals surface area contributed by atoms with Crippen LogP contribution in [0.15, 0.2) is 35.2 Å². The molecule has 0 saturated carbocycles. The fourth-order valence-corrected chi connectivity index (χ4v) is 3.30. The Hall–Kier alpha value is -1.25. The maximum atomic E-state index is 12.3. The van der Waals surface area contributed by atoms with Gasteiger partial charge in [0.05, 0.1) is 4.90 Å². The van der Waals surface area contributed by atoms with E-state index < -0.39 is 26.8 Å². The Labute approximate surface area is 149 Å². The van der Waals surface area contributed by atoms with Crippen molar-refractivity contribution in [2.75, 3.05) is 6.54 Å². The van der Waals surface area contributed by atoms with Gasteiger partial charge in [0.2, 0.25) is 0 Å². The molecule has 3 rings (SSSR count). The number of carbonyl (C=O) groups excluding carboxylic acids is 2. The molecule has 0 aromatic heterocycles. The van der Waals surface area contributed by atoms with E-state index in [9.17, 15) is 22.6 Å². The number of rotatable bonds is 2. The zero-order chi connectivity index (χ0) is 15.4. The van der Waals surface area contributed by atoms with Gasteiger partial charge >= 0.3 is 29.6 Å². The summed E-state index contributed by atoms with van der Waals surface area (Å²) in [5, 5.41) is 0.339. The van der Waals surface area contributed by atoms with Crippen LogP contribution in [0, 0.1) is 0 Å². The van der Waals surface area contributed by atoms with Crippen molar-refractivity contribution >= 4 is 32.7 Å². The molecule has 0 radical (unpaired) electrons.